The Morgan fingerprint density at radius 2 is 1.79 bits per heavy atom. The topological polar surface area (TPSA) is 185 Å². The number of aliphatic imine (C=N–C) groups is 1. The lowest BCUT2D eigenvalue weighted by Gasteiger charge is -2.44. The highest BCUT2D eigenvalue weighted by Gasteiger charge is 2.57. The molecule has 9 aliphatic rings. The zero-order chi connectivity index (χ0) is 50.6. The second kappa shape index (κ2) is 22.5. The summed E-state index contributed by atoms with van der Waals surface area (Å²) in [5.41, 5.74) is 17.8. The van der Waals surface area contributed by atoms with E-state index in [4.69, 9.17) is 25.9 Å². The molecule has 2 aromatic carbocycles. The fraction of sp³-hybridized carbons (Fsp3) is 0.644. The van der Waals surface area contributed by atoms with Crippen LogP contribution in [0.15, 0.2) is 77.1 Å². The minimum absolute atomic E-state index is 0.0411. The van der Waals surface area contributed by atoms with E-state index in [2.05, 4.69) is 65.3 Å². The van der Waals surface area contributed by atoms with E-state index in [1.807, 2.05) is 32.6 Å². The number of ether oxygens (including phenoxy) is 2. The van der Waals surface area contributed by atoms with Crippen molar-refractivity contribution in [1.82, 2.24) is 15.5 Å². The van der Waals surface area contributed by atoms with E-state index in [9.17, 15) is 19.8 Å². The van der Waals surface area contributed by atoms with Crippen molar-refractivity contribution >= 4 is 39.4 Å². The predicted molar refractivity (Wildman–Crippen MR) is 294 cm³/mol. The number of fused-ring (bicyclic) bond motifs is 5. The van der Waals surface area contributed by atoms with Crippen LogP contribution in [-0.4, -0.2) is 81.0 Å². The number of allylic oxidation sites excluding steroid dienone is 3. The molecule has 3 saturated carbocycles. The van der Waals surface area contributed by atoms with E-state index in [1.165, 1.54) is 51.0 Å². The number of carbonyl (C=O) groups is 2. The SMILES string of the molecule is CC(=O)OC1CCc2cc(c(O)c3c2C2C=CC4(CCCC4C2)O3)CN2CC(CC3=CCNC(N)=C3)(CCN=C(N)NC3(CCCC34CCCC4)SSCC(CCc3ccccc3)CCCCC(O)C1)CC2=O. The molecule has 11 rings (SSSR count). The van der Waals surface area contributed by atoms with Crippen molar-refractivity contribution in [3.8, 4) is 11.5 Å². The lowest BCUT2D eigenvalue weighted by Crippen LogP contribution is -2.55. The number of hydrogen-bond donors (Lipinski definition) is 6. The molecule has 8 atom stereocenters. The molecule has 4 fully saturated rings. The maximum absolute atomic E-state index is 14.5. The Bertz CT molecular complexity index is 2440. The van der Waals surface area contributed by atoms with Gasteiger partial charge < -0.3 is 46.7 Å². The van der Waals surface area contributed by atoms with Gasteiger partial charge in [0.2, 0.25) is 5.91 Å². The number of aliphatic hydroxyl groups excluding tert-OH is 1. The van der Waals surface area contributed by atoms with Crippen molar-refractivity contribution in [2.75, 3.05) is 25.4 Å². The number of carbonyl (C=O) groups excluding carboxylic acids is 2. The first-order valence-electron chi connectivity index (χ1n) is 28.1. The summed E-state index contributed by atoms with van der Waals surface area (Å²) < 4.78 is 13.1. The number of phenols is 1. The van der Waals surface area contributed by atoms with E-state index >= 15 is 0 Å². The number of amides is 1. The van der Waals surface area contributed by atoms with Crippen LogP contribution in [0.4, 0.5) is 0 Å². The van der Waals surface area contributed by atoms with Crippen molar-refractivity contribution < 1.29 is 29.3 Å². The van der Waals surface area contributed by atoms with Gasteiger partial charge in [-0.1, -0.05) is 89.8 Å². The maximum Gasteiger partial charge on any atom is 0.302 e. The van der Waals surface area contributed by atoms with E-state index < -0.39 is 23.2 Å². The number of esters is 1. The first kappa shape index (κ1) is 52.2. The molecule has 1 saturated heterocycles. The van der Waals surface area contributed by atoms with Gasteiger partial charge in [-0.3, -0.25) is 14.6 Å². The van der Waals surface area contributed by atoms with Crippen molar-refractivity contribution in [1.29, 1.82) is 0 Å². The number of aryl methyl sites for hydroxylation is 2. The van der Waals surface area contributed by atoms with Gasteiger partial charge in [0.15, 0.2) is 17.5 Å². The Kier molecular flexibility index (Phi) is 16.1. The summed E-state index contributed by atoms with van der Waals surface area (Å²) in [5, 5.41) is 31.2. The Morgan fingerprint density at radius 3 is 2.62 bits per heavy atom. The number of guanidine groups is 1. The van der Waals surface area contributed by atoms with Gasteiger partial charge in [0.1, 0.15) is 16.6 Å². The van der Waals surface area contributed by atoms with E-state index in [-0.39, 0.29) is 40.4 Å². The van der Waals surface area contributed by atoms with Gasteiger partial charge >= 0.3 is 5.97 Å². The van der Waals surface area contributed by atoms with Crippen LogP contribution in [-0.2, 0) is 33.7 Å². The molecule has 3 spiro atoms. The molecule has 4 aliphatic carbocycles. The largest absolute Gasteiger partial charge is 0.504 e. The second-order valence-corrected chi connectivity index (χ2v) is 26.1. The molecule has 2 aromatic rings. The fourth-order valence-corrected chi connectivity index (χ4v) is 18.7. The second-order valence-electron chi connectivity index (χ2n) is 23.5. The smallest absolute Gasteiger partial charge is 0.302 e. The van der Waals surface area contributed by atoms with Crippen molar-refractivity contribution in [2.24, 2.45) is 39.1 Å². The van der Waals surface area contributed by atoms with Crippen molar-refractivity contribution in [3.63, 3.8) is 0 Å². The van der Waals surface area contributed by atoms with Crippen molar-refractivity contribution in [2.45, 2.75) is 190 Å². The van der Waals surface area contributed by atoms with Gasteiger partial charge in [0.25, 0.3) is 0 Å². The number of benzene rings is 2. The number of dihydropyridines is 1. The quantitative estimate of drug-likeness (QED) is 0.0916. The molecule has 14 heteroatoms. The number of phenolic OH excluding ortho intramolecular Hbond substituents is 1. The molecular weight excluding hydrogens is 953 g/mol. The number of rotatable bonds is 6. The van der Waals surface area contributed by atoms with Gasteiger partial charge in [-0.15, -0.1) is 0 Å². The summed E-state index contributed by atoms with van der Waals surface area (Å²) in [7, 11) is 4.03. The van der Waals surface area contributed by atoms with E-state index in [0.717, 1.165) is 86.7 Å². The zero-order valence-corrected chi connectivity index (χ0v) is 45.0. The average molecular weight is 1040 g/mol. The zero-order valence-electron chi connectivity index (χ0n) is 43.4. The molecule has 396 valence electrons. The monoisotopic (exact) mass is 1030 g/mol. The number of aliphatic hydroxyl groups is 1. The van der Waals surface area contributed by atoms with Crippen LogP contribution >= 0.6 is 21.6 Å². The third-order valence-electron chi connectivity index (χ3n) is 18.5. The molecule has 1 amide bonds. The highest BCUT2D eigenvalue weighted by Crippen LogP contribution is 2.63. The van der Waals surface area contributed by atoms with Crippen LogP contribution in [0.1, 0.15) is 170 Å². The summed E-state index contributed by atoms with van der Waals surface area (Å²) in [4.78, 5) is 34.0. The Balaban J connectivity index is 0.973. The normalized spacial score (nSPS) is 32.9. The van der Waals surface area contributed by atoms with E-state index in [0.29, 0.717) is 99.5 Å². The summed E-state index contributed by atoms with van der Waals surface area (Å²) in [6.45, 7) is 3.29. The number of nitrogens with one attached hydrogen (secondary N) is 2. The maximum atomic E-state index is 14.5. The third-order valence-corrected chi connectivity index (χ3v) is 21.9. The summed E-state index contributed by atoms with van der Waals surface area (Å²) in [5.74, 6) is 3.44. The highest BCUT2D eigenvalue weighted by atomic mass is 33.1. The van der Waals surface area contributed by atoms with Gasteiger partial charge in [-0.2, -0.15) is 0 Å². The van der Waals surface area contributed by atoms with Gasteiger partial charge in [0.05, 0.1) is 11.9 Å². The van der Waals surface area contributed by atoms with Gasteiger partial charge in [0, 0.05) is 85.5 Å². The molecule has 73 heavy (non-hydrogen) atoms. The van der Waals surface area contributed by atoms with Crippen molar-refractivity contribution in [3.05, 3.63) is 94.4 Å². The molecule has 12 nitrogen and oxygen atoms in total. The summed E-state index contributed by atoms with van der Waals surface area (Å²) in [6.07, 6.45) is 28.8. The standard InChI is InChI=1S/C59H82N6O6S2/c1-40(66)70-49-19-18-44-32-46(53(69)54-52(44)45-20-27-58(71-54)25-9-14-47(58)33-45)37-65-39-56(36-51(65)68,35-43-21-29-62-50(60)31-43)28-30-63-55(61)64-59(26-10-24-57(59)22-7-8-23-57)73-72-38-42(13-5-6-15-48(67)34-49)17-16-41-11-3-2-4-12-41/h2-4,11-12,20-21,27,31-32,42,45,47-49,62,67,69H,5-10,13-19,22-26,28-30,33-39,60H2,1H3,(H3,61,63,64). The van der Waals surface area contributed by atoms with Crippen LogP contribution in [0, 0.1) is 22.7 Å². The molecule has 0 aromatic heterocycles. The number of nitrogens with two attached hydrogens (primary N) is 2. The molecule has 5 aliphatic heterocycles. The van der Waals surface area contributed by atoms with Gasteiger partial charge in [-0.05, 0) is 150 Å². The number of nitrogens with zero attached hydrogens (tertiary/aromatic N) is 2. The first-order chi connectivity index (χ1) is 35.3. The van der Waals surface area contributed by atoms with E-state index in [1.54, 1.807) is 0 Å². The number of aromatic hydroxyl groups is 1. The Hall–Kier alpha value is -4.27. The third kappa shape index (κ3) is 11.6. The molecule has 8 unspecified atom stereocenters. The first-order valence-corrected chi connectivity index (χ1v) is 30.4. The fourth-order valence-electron chi connectivity index (χ4n) is 14.8. The van der Waals surface area contributed by atoms with Crippen LogP contribution in [0.3, 0.4) is 0 Å². The molecule has 6 bridgehead atoms. The Labute approximate surface area is 442 Å². The van der Waals surface area contributed by atoms with Crippen LogP contribution in [0.25, 0.3) is 0 Å². The summed E-state index contributed by atoms with van der Waals surface area (Å²) in [6, 6.07) is 12.9. The van der Waals surface area contributed by atoms with Gasteiger partial charge in [-0.25, -0.2) is 0 Å². The lowest BCUT2D eigenvalue weighted by atomic mass is 9.75. The number of hydrogen-bond acceptors (Lipinski definition) is 13. The average Bonchev–Trinajstić information content (AvgIpc) is 4.12. The Morgan fingerprint density at radius 1 is 0.973 bits per heavy atom. The predicted octanol–water partition coefficient (Wildman–Crippen LogP) is 10.4. The molecule has 5 heterocycles. The minimum atomic E-state index is -0.611. The molecule has 0 radical (unpaired) electrons. The lowest BCUT2D eigenvalue weighted by molar-refractivity contribution is -0.148. The minimum Gasteiger partial charge on any atom is -0.504 e. The molecular formula is C59H82N6O6S2. The van der Waals surface area contributed by atoms with Crippen LogP contribution < -0.4 is 26.8 Å². The summed E-state index contributed by atoms with van der Waals surface area (Å²) >= 11 is 0. The van der Waals surface area contributed by atoms with Crippen LogP contribution in [0.5, 0.6) is 11.5 Å². The highest BCUT2D eigenvalue weighted by molar-refractivity contribution is 8.77. The van der Waals surface area contributed by atoms with Crippen LogP contribution in [0.2, 0.25) is 0 Å². The molecule has 8 N–H and O–H groups in total.